The van der Waals surface area contributed by atoms with Gasteiger partial charge in [-0.25, -0.2) is 4.98 Å². The monoisotopic (exact) mass is 270 g/mol. The number of anilines is 1. The summed E-state index contributed by atoms with van der Waals surface area (Å²) in [5, 5.41) is 2.83. The number of fused-ring (bicyclic) bond motifs is 1. The summed E-state index contributed by atoms with van der Waals surface area (Å²) in [5.74, 6) is 0.654. The van der Waals surface area contributed by atoms with Gasteiger partial charge in [-0.15, -0.1) is 11.8 Å². The van der Waals surface area contributed by atoms with Crippen LogP contribution in [0.1, 0.15) is 11.3 Å². The number of rotatable bonds is 2. The average molecular weight is 270 g/mol. The van der Waals surface area contributed by atoms with E-state index in [1.54, 1.807) is 11.8 Å². The second-order valence-corrected chi connectivity index (χ2v) is 5.82. The Hall–Kier alpha value is -1.81. The number of pyridine rings is 1. The molecule has 2 aromatic rings. The zero-order valence-corrected chi connectivity index (χ0v) is 11.4. The fourth-order valence-electron chi connectivity index (χ4n) is 2.15. The van der Waals surface area contributed by atoms with Crippen LogP contribution in [0.3, 0.4) is 0 Å². The number of amides is 1. The zero-order chi connectivity index (χ0) is 13.2. The highest BCUT2D eigenvalue weighted by Crippen LogP contribution is 2.37. The molecule has 0 saturated carbocycles. The lowest BCUT2D eigenvalue weighted by Gasteiger charge is -2.09. The number of nitrogens with zero attached hydrogens (tertiary/aromatic N) is 1. The van der Waals surface area contributed by atoms with Gasteiger partial charge in [0.05, 0.1) is 5.25 Å². The summed E-state index contributed by atoms with van der Waals surface area (Å²) in [6, 6.07) is 13.8. The fourth-order valence-corrected chi connectivity index (χ4v) is 3.34. The molecule has 0 unspecified atom stereocenters. The van der Waals surface area contributed by atoms with Crippen molar-refractivity contribution in [1.82, 2.24) is 4.98 Å². The van der Waals surface area contributed by atoms with Crippen LogP contribution in [0.5, 0.6) is 0 Å². The minimum atomic E-state index is -0.0558. The highest BCUT2D eigenvalue weighted by atomic mass is 32.2. The maximum Gasteiger partial charge on any atom is 0.239 e. The molecule has 19 heavy (non-hydrogen) atoms. The van der Waals surface area contributed by atoms with Crippen LogP contribution in [0, 0.1) is 6.92 Å². The van der Waals surface area contributed by atoms with Crippen LogP contribution < -0.4 is 5.32 Å². The van der Waals surface area contributed by atoms with Crippen molar-refractivity contribution in [3.8, 4) is 0 Å². The molecule has 2 heterocycles. The number of carbonyl (C=O) groups is 1. The van der Waals surface area contributed by atoms with Gasteiger partial charge < -0.3 is 5.32 Å². The summed E-state index contributed by atoms with van der Waals surface area (Å²) in [4.78, 5) is 17.7. The molecule has 1 aliphatic rings. The van der Waals surface area contributed by atoms with Crippen LogP contribution in [0.2, 0.25) is 0 Å². The molecule has 4 heteroatoms. The third-order valence-electron chi connectivity index (χ3n) is 3.08. The van der Waals surface area contributed by atoms with Crippen molar-refractivity contribution < 1.29 is 4.79 Å². The van der Waals surface area contributed by atoms with E-state index in [1.165, 1.54) is 10.5 Å². The van der Waals surface area contributed by atoms with Crippen molar-refractivity contribution >= 4 is 23.5 Å². The van der Waals surface area contributed by atoms with Crippen LogP contribution in [0.4, 0.5) is 5.82 Å². The molecule has 1 N–H and O–H groups in total. The number of hydrogen-bond donors (Lipinski definition) is 1. The van der Waals surface area contributed by atoms with Crippen molar-refractivity contribution in [1.29, 1.82) is 0 Å². The fraction of sp³-hybridized carbons (Fsp3) is 0.200. The summed E-state index contributed by atoms with van der Waals surface area (Å²) in [7, 11) is 0. The van der Waals surface area contributed by atoms with Crippen molar-refractivity contribution in [3.05, 3.63) is 53.7 Å². The number of thioether (sulfide) groups is 1. The molecule has 0 spiro atoms. The Balaban J connectivity index is 1.70. The van der Waals surface area contributed by atoms with Gasteiger partial charge in [-0.05, 0) is 37.1 Å². The Morgan fingerprint density at radius 1 is 1.26 bits per heavy atom. The Bertz CT molecular complexity index is 602. The van der Waals surface area contributed by atoms with Crippen molar-refractivity contribution in [3.63, 3.8) is 0 Å². The number of aromatic nitrogens is 1. The van der Waals surface area contributed by atoms with E-state index in [2.05, 4.69) is 22.4 Å². The summed E-state index contributed by atoms with van der Waals surface area (Å²) in [5.41, 5.74) is 2.16. The quantitative estimate of drug-likeness (QED) is 0.912. The molecule has 1 aromatic heterocycles. The first kappa shape index (κ1) is 12.2. The molecule has 1 aliphatic heterocycles. The van der Waals surface area contributed by atoms with Gasteiger partial charge in [0, 0.05) is 10.6 Å². The van der Waals surface area contributed by atoms with Gasteiger partial charge in [-0.1, -0.05) is 24.3 Å². The molecule has 0 bridgehead atoms. The van der Waals surface area contributed by atoms with Crippen molar-refractivity contribution in [2.75, 3.05) is 5.32 Å². The molecular formula is C15H14N2OS. The van der Waals surface area contributed by atoms with E-state index < -0.39 is 0 Å². The molecule has 0 aliphatic carbocycles. The summed E-state index contributed by atoms with van der Waals surface area (Å²) in [6.07, 6.45) is 0.790. The van der Waals surface area contributed by atoms with Crippen molar-refractivity contribution in [2.45, 2.75) is 23.5 Å². The second kappa shape index (κ2) is 5.05. The van der Waals surface area contributed by atoms with Crippen LogP contribution in [-0.2, 0) is 11.2 Å². The SMILES string of the molecule is Cc1cccc(NC(=O)[C@@H]2Cc3ccccc3S2)n1. The Kier molecular flexibility index (Phi) is 3.25. The smallest absolute Gasteiger partial charge is 0.239 e. The van der Waals surface area contributed by atoms with E-state index >= 15 is 0 Å². The highest BCUT2D eigenvalue weighted by Gasteiger charge is 2.28. The van der Waals surface area contributed by atoms with Crippen LogP contribution >= 0.6 is 11.8 Å². The average Bonchev–Trinajstić information content (AvgIpc) is 2.82. The molecule has 1 atom stereocenters. The van der Waals surface area contributed by atoms with Gasteiger partial charge in [-0.3, -0.25) is 4.79 Å². The van der Waals surface area contributed by atoms with Gasteiger partial charge in [-0.2, -0.15) is 0 Å². The summed E-state index contributed by atoms with van der Waals surface area (Å²) in [6.45, 7) is 1.91. The van der Waals surface area contributed by atoms with Crippen molar-refractivity contribution in [2.24, 2.45) is 0 Å². The first-order valence-electron chi connectivity index (χ1n) is 6.21. The van der Waals surface area contributed by atoms with Gasteiger partial charge in [0.15, 0.2) is 0 Å². The van der Waals surface area contributed by atoms with Crippen LogP contribution in [-0.4, -0.2) is 16.1 Å². The molecule has 3 nitrogen and oxygen atoms in total. The molecule has 3 rings (SSSR count). The van der Waals surface area contributed by atoms with Crippen LogP contribution in [0.15, 0.2) is 47.4 Å². The van der Waals surface area contributed by atoms with Gasteiger partial charge >= 0.3 is 0 Å². The highest BCUT2D eigenvalue weighted by molar-refractivity contribution is 8.01. The predicted octanol–water partition coefficient (Wildman–Crippen LogP) is 3.05. The predicted molar refractivity (Wildman–Crippen MR) is 77.4 cm³/mol. The number of nitrogens with one attached hydrogen (secondary N) is 1. The maximum atomic E-state index is 12.2. The van der Waals surface area contributed by atoms with Gasteiger partial charge in [0.2, 0.25) is 5.91 Å². The Labute approximate surface area is 116 Å². The third kappa shape index (κ3) is 2.63. The minimum Gasteiger partial charge on any atom is -0.310 e. The Morgan fingerprint density at radius 2 is 2.11 bits per heavy atom. The van der Waals surface area contributed by atoms with Gasteiger partial charge in [0.25, 0.3) is 0 Å². The van der Waals surface area contributed by atoms with E-state index in [4.69, 9.17) is 0 Å². The summed E-state index contributed by atoms with van der Waals surface area (Å²) < 4.78 is 0. The number of benzene rings is 1. The lowest BCUT2D eigenvalue weighted by molar-refractivity contribution is -0.115. The van der Waals surface area contributed by atoms with E-state index in [0.717, 1.165) is 12.1 Å². The number of aryl methyl sites for hydroxylation is 1. The number of carbonyl (C=O) groups excluding carboxylic acids is 1. The normalized spacial score (nSPS) is 17.0. The largest absolute Gasteiger partial charge is 0.310 e. The summed E-state index contributed by atoms with van der Waals surface area (Å²) >= 11 is 1.63. The molecule has 1 amide bonds. The molecule has 96 valence electrons. The van der Waals surface area contributed by atoms with E-state index in [0.29, 0.717) is 5.82 Å². The molecule has 0 fully saturated rings. The maximum absolute atomic E-state index is 12.2. The van der Waals surface area contributed by atoms with E-state index in [1.807, 2.05) is 37.3 Å². The first-order chi connectivity index (χ1) is 9.22. The minimum absolute atomic E-state index is 0.0271. The lowest BCUT2D eigenvalue weighted by atomic mass is 10.1. The van der Waals surface area contributed by atoms with E-state index in [9.17, 15) is 4.79 Å². The first-order valence-corrected chi connectivity index (χ1v) is 7.09. The molecule has 1 aromatic carbocycles. The Morgan fingerprint density at radius 3 is 2.89 bits per heavy atom. The second-order valence-electron chi connectivity index (χ2n) is 4.57. The van der Waals surface area contributed by atoms with E-state index in [-0.39, 0.29) is 11.2 Å². The molecular weight excluding hydrogens is 256 g/mol. The molecule has 0 saturated heterocycles. The van der Waals surface area contributed by atoms with Gasteiger partial charge in [0.1, 0.15) is 5.82 Å². The van der Waals surface area contributed by atoms with Crippen LogP contribution in [0.25, 0.3) is 0 Å². The topological polar surface area (TPSA) is 42.0 Å². The molecule has 0 radical (unpaired) electrons. The zero-order valence-electron chi connectivity index (χ0n) is 10.6. The lowest BCUT2D eigenvalue weighted by Crippen LogP contribution is -2.25. The standard InChI is InChI=1S/C15H14N2OS/c1-10-5-4-8-14(16-10)17-15(18)13-9-11-6-2-3-7-12(11)19-13/h2-8,13H,9H2,1H3,(H,16,17,18)/t13-/m0/s1. The third-order valence-corrected chi connectivity index (χ3v) is 4.40. The number of hydrogen-bond acceptors (Lipinski definition) is 3.